The van der Waals surface area contributed by atoms with Crippen LogP contribution in [0.5, 0.6) is 0 Å². The molecular formula is C7H10ClN3O2S. The van der Waals surface area contributed by atoms with Gasteiger partial charge in [-0.2, -0.15) is 0 Å². The van der Waals surface area contributed by atoms with Crippen LogP contribution in [-0.2, 0) is 10.0 Å². The van der Waals surface area contributed by atoms with Crippen molar-refractivity contribution in [2.24, 2.45) is 0 Å². The van der Waals surface area contributed by atoms with Crippen LogP contribution >= 0.6 is 11.6 Å². The maximum atomic E-state index is 11.3. The SMILES string of the molecule is O=S(=O)(CCCCl)Nc1cncnc1. The summed E-state index contributed by atoms with van der Waals surface area (Å²) in [5.41, 5.74) is 0.363. The molecule has 0 aliphatic rings. The van der Waals surface area contributed by atoms with Gasteiger partial charge in [0.05, 0.1) is 23.8 Å². The van der Waals surface area contributed by atoms with E-state index in [0.29, 0.717) is 18.0 Å². The van der Waals surface area contributed by atoms with E-state index in [9.17, 15) is 8.42 Å². The number of aromatic nitrogens is 2. The number of anilines is 1. The molecule has 0 amide bonds. The summed E-state index contributed by atoms with van der Waals surface area (Å²) in [6.07, 6.45) is 4.54. The van der Waals surface area contributed by atoms with E-state index in [0.717, 1.165) is 0 Å². The van der Waals surface area contributed by atoms with Gasteiger partial charge in [0.2, 0.25) is 10.0 Å². The van der Waals surface area contributed by atoms with Crippen molar-refractivity contribution in [2.75, 3.05) is 16.4 Å². The van der Waals surface area contributed by atoms with Gasteiger partial charge in [-0.1, -0.05) is 0 Å². The van der Waals surface area contributed by atoms with E-state index >= 15 is 0 Å². The molecule has 78 valence electrons. The topological polar surface area (TPSA) is 72.0 Å². The molecule has 0 saturated carbocycles. The van der Waals surface area contributed by atoms with Crippen molar-refractivity contribution in [3.05, 3.63) is 18.7 Å². The molecule has 7 heteroatoms. The molecule has 5 nitrogen and oxygen atoms in total. The fourth-order valence-corrected chi connectivity index (χ4v) is 2.21. The lowest BCUT2D eigenvalue weighted by atomic mass is 10.6. The van der Waals surface area contributed by atoms with Crippen molar-refractivity contribution >= 4 is 27.3 Å². The standard InChI is InChI=1S/C7H10ClN3O2S/c8-2-1-3-14(12,13)11-7-4-9-6-10-5-7/h4-6,11H,1-3H2. The van der Waals surface area contributed by atoms with Crippen molar-refractivity contribution in [3.8, 4) is 0 Å². The van der Waals surface area contributed by atoms with E-state index in [1.165, 1.54) is 18.7 Å². The quantitative estimate of drug-likeness (QED) is 0.768. The van der Waals surface area contributed by atoms with Gasteiger partial charge in [0.1, 0.15) is 6.33 Å². The van der Waals surface area contributed by atoms with E-state index in [4.69, 9.17) is 11.6 Å². The van der Waals surface area contributed by atoms with Crippen LogP contribution in [0.25, 0.3) is 0 Å². The summed E-state index contributed by atoms with van der Waals surface area (Å²) < 4.78 is 25.0. The van der Waals surface area contributed by atoms with Gasteiger partial charge in [0, 0.05) is 5.88 Å². The average molecular weight is 236 g/mol. The number of rotatable bonds is 5. The summed E-state index contributed by atoms with van der Waals surface area (Å²) in [6.45, 7) is 0. The largest absolute Gasteiger partial charge is 0.280 e. The van der Waals surface area contributed by atoms with E-state index in [1.807, 2.05) is 0 Å². The summed E-state index contributed by atoms with van der Waals surface area (Å²) in [5, 5.41) is 0. The lowest BCUT2D eigenvalue weighted by molar-refractivity contribution is 0.600. The number of hydrogen-bond acceptors (Lipinski definition) is 4. The number of nitrogens with one attached hydrogen (secondary N) is 1. The van der Waals surface area contributed by atoms with Gasteiger partial charge >= 0.3 is 0 Å². The van der Waals surface area contributed by atoms with Gasteiger partial charge in [-0.25, -0.2) is 18.4 Å². The zero-order chi connectivity index (χ0) is 10.4. The van der Waals surface area contributed by atoms with E-state index in [2.05, 4.69) is 14.7 Å². The highest BCUT2D eigenvalue weighted by atomic mass is 35.5. The van der Waals surface area contributed by atoms with Crippen LogP contribution in [0.4, 0.5) is 5.69 Å². The number of hydrogen-bond donors (Lipinski definition) is 1. The molecule has 0 atom stereocenters. The summed E-state index contributed by atoms with van der Waals surface area (Å²) in [4.78, 5) is 7.37. The fourth-order valence-electron chi connectivity index (χ4n) is 0.827. The first-order chi connectivity index (χ1) is 6.64. The molecular weight excluding hydrogens is 226 g/mol. The monoisotopic (exact) mass is 235 g/mol. The maximum Gasteiger partial charge on any atom is 0.232 e. The third kappa shape index (κ3) is 3.89. The third-order valence-electron chi connectivity index (χ3n) is 1.38. The normalized spacial score (nSPS) is 11.2. The molecule has 0 aromatic carbocycles. The molecule has 0 radical (unpaired) electrons. The van der Waals surface area contributed by atoms with Crippen LogP contribution in [0.2, 0.25) is 0 Å². The van der Waals surface area contributed by atoms with Crippen LogP contribution in [0.3, 0.4) is 0 Å². The van der Waals surface area contributed by atoms with E-state index in [1.54, 1.807) is 0 Å². The lowest BCUT2D eigenvalue weighted by Crippen LogP contribution is -2.17. The third-order valence-corrected chi connectivity index (χ3v) is 3.02. The number of halogens is 1. The van der Waals surface area contributed by atoms with Crippen LogP contribution in [0.15, 0.2) is 18.7 Å². The molecule has 0 bridgehead atoms. The summed E-state index contributed by atoms with van der Waals surface area (Å²) in [5.74, 6) is 0.331. The molecule has 1 aromatic rings. The highest BCUT2D eigenvalue weighted by Gasteiger charge is 2.09. The Morgan fingerprint density at radius 1 is 1.36 bits per heavy atom. The minimum atomic E-state index is -3.31. The number of nitrogens with zero attached hydrogens (tertiary/aromatic N) is 2. The van der Waals surface area contributed by atoms with Gasteiger partial charge in [0.15, 0.2) is 0 Å². The Morgan fingerprint density at radius 3 is 2.57 bits per heavy atom. The zero-order valence-electron chi connectivity index (χ0n) is 7.35. The Bertz CT molecular complexity index is 368. The van der Waals surface area contributed by atoms with Crippen molar-refractivity contribution in [3.63, 3.8) is 0 Å². The Morgan fingerprint density at radius 2 is 2.00 bits per heavy atom. The Balaban J connectivity index is 2.60. The molecule has 0 aliphatic heterocycles. The second-order valence-electron chi connectivity index (χ2n) is 2.59. The lowest BCUT2D eigenvalue weighted by Gasteiger charge is -2.05. The molecule has 1 aromatic heterocycles. The minimum Gasteiger partial charge on any atom is -0.280 e. The molecule has 1 N–H and O–H groups in total. The highest BCUT2D eigenvalue weighted by molar-refractivity contribution is 7.92. The number of alkyl halides is 1. The van der Waals surface area contributed by atoms with Gasteiger partial charge in [-0.15, -0.1) is 11.6 Å². The Hall–Kier alpha value is -0.880. The van der Waals surface area contributed by atoms with Crippen LogP contribution in [0, 0.1) is 0 Å². The van der Waals surface area contributed by atoms with E-state index < -0.39 is 10.0 Å². The van der Waals surface area contributed by atoms with Gasteiger partial charge in [-0.05, 0) is 6.42 Å². The first kappa shape index (κ1) is 11.2. The Labute approximate surface area is 87.6 Å². The molecule has 1 rings (SSSR count). The molecule has 0 unspecified atom stereocenters. The van der Waals surface area contributed by atoms with E-state index in [-0.39, 0.29) is 5.75 Å². The molecule has 0 saturated heterocycles. The highest BCUT2D eigenvalue weighted by Crippen LogP contribution is 2.05. The predicted molar refractivity (Wildman–Crippen MR) is 54.8 cm³/mol. The first-order valence-corrected chi connectivity index (χ1v) is 6.14. The minimum absolute atomic E-state index is 0.00535. The smallest absolute Gasteiger partial charge is 0.232 e. The van der Waals surface area contributed by atoms with Gasteiger partial charge in [0.25, 0.3) is 0 Å². The zero-order valence-corrected chi connectivity index (χ0v) is 8.92. The van der Waals surface area contributed by atoms with Gasteiger partial charge < -0.3 is 0 Å². The second kappa shape index (κ2) is 5.11. The van der Waals surface area contributed by atoms with Crippen molar-refractivity contribution in [1.29, 1.82) is 0 Å². The molecule has 14 heavy (non-hydrogen) atoms. The van der Waals surface area contributed by atoms with Crippen molar-refractivity contribution in [1.82, 2.24) is 9.97 Å². The maximum absolute atomic E-state index is 11.3. The average Bonchev–Trinajstić information content (AvgIpc) is 2.16. The van der Waals surface area contributed by atoms with Crippen molar-refractivity contribution < 1.29 is 8.42 Å². The van der Waals surface area contributed by atoms with Crippen molar-refractivity contribution in [2.45, 2.75) is 6.42 Å². The predicted octanol–water partition coefficient (Wildman–Crippen LogP) is 0.847. The van der Waals surface area contributed by atoms with Gasteiger partial charge in [-0.3, -0.25) is 4.72 Å². The second-order valence-corrected chi connectivity index (χ2v) is 4.81. The number of sulfonamides is 1. The van der Waals surface area contributed by atoms with Crippen LogP contribution < -0.4 is 4.72 Å². The summed E-state index contributed by atoms with van der Waals surface area (Å²) in [6, 6.07) is 0. The molecule has 0 spiro atoms. The molecule has 0 fully saturated rings. The summed E-state index contributed by atoms with van der Waals surface area (Å²) >= 11 is 5.39. The van der Waals surface area contributed by atoms with Crippen LogP contribution in [0.1, 0.15) is 6.42 Å². The fraction of sp³-hybridized carbons (Fsp3) is 0.429. The molecule has 0 aliphatic carbocycles. The van der Waals surface area contributed by atoms with Crippen LogP contribution in [-0.4, -0.2) is 30.0 Å². The Kier molecular flexibility index (Phi) is 4.09. The molecule has 1 heterocycles. The summed E-state index contributed by atoms with van der Waals surface area (Å²) in [7, 11) is -3.31. The first-order valence-electron chi connectivity index (χ1n) is 3.95.